The van der Waals surface area contributed by atoms with Crippen LogP contribution in [0.25, 0.3) is 10.9 Å². The highest BCUT2D eigenvalue weighted by Crippen LogP contribution is 2.18. The zero-order valence-corrected chi connectivity index (χ0v) is 10.1. The first kappa shape index (κ1) is 11.1. The summed E-state index contributed by atoms with van der Waals surface area (Å²) in [5, 5.41) is 1.25. The van der Waals surface area contributed by atoms with E-state index in [9.17, 15) is 0 Å². The molecular weight excluding hydrogens is 194 g/mol. The number of pyridine rings is 1. The van der Waals surface area contributed by atoms with E-state index in [1.54, 1.807) is 0 Å². The van der Waals surface area contributed by atoms with Gasteiger partial charge in [-0.15, -0.1) is 0 Å². The van der Waals surface area contributed by atoms with Crippen molar-refractivity contribution in [2.75, 3.05) is 0 Å². The fourth-order valence-corrected chi connectivity index (χ4v) is 2.07. The van der Waals surface area contributed by atoms with Crippen molar-refractivity contribution in [3.8, 4) is 0 Å². The highest BCUT2D eigenvalue weighted by molar-refractivity contribution is 5.81. The van der Waals surface area contributed by atoms with Crippen LogP contribution in [0.5, 0.6) is 0 Å². The van der Waals surface area contributed by atoms with Crippen LogP contribution in [0.15, 0.2) is 36.5 Å². The van der Waals surface area contributed by atoms with Crippen molar-refractivity contribution in [1.82, 2.24) is 4.98 Å². The summed E-state index contributed by atoms with van der Waals surface area (Å²) in [5.74, 6) is 0.794. The third kappa shape index (κ3) is 2.60. The Morgan fingerprint density at radius 1 is 1.12 bits per heavy atom. The molecule has 0 saturated heterocycles. The van der Waals surface area contributed by atoms with Crippen LogP contribution < -0.4 is 0 Å². The van der Waals surface area contributed by atoms with Crippen LogP contribution in [0.2, 0.25) is 0 Å². The lowest BCUT2D eigenvalue weighted by Gasteiger charge is -2.07. The van der Waals surface area contributed by atoms with Crippen molar-refractivity contribution in [3.63, 3.8) is 0 Å². The summed E-state index contributed by atoms with van der Waals surface area (Å²) in [6.07, 6.45) is 5.58. The summed E-state index contributed by atoms with van der Waals surface area (Å²) in [6, 6.07) is 10.6. The van der Waals surface area contributed by atoms with Crippen molar-refractivity contribution in [3.05, 3.63) is 42.1 Å². The predicted octanol–water partition coefficient (Wildman–Crippen LogP) is 4.21. The number of aryl methyl sites for hydroxylation is 1. The summed E-state index contributed by atoms with van der Waals surface area (Å²) in [6.45, 7) is 4.56. The summed E-state index contributed by atoms with van der Waals surface area (Å²) in [4.78, 5) is 4.48. The first-order valence-corrected chi connectivity index (χ1v) is 6.10. The number of hydrogen-bond acceptors (Lipinski definition) is 1. The van der Waals surface area contributed by atoms with Crippen LogP contribution in [0.3, 0.4) is 0 Å². The number of benzene rings is 1. The number of nitrogens with zero attached hydrogens (tertiary/aromatic N) is 1. The minimum absolute atomic E-state index is 0.794. The van der Waals surface area contributed by atoms with Crippen LogP contribution in [-0.4, -0.2) is 4.98 Å². The van der Waals surface area contributed by atoms with Gasteiger partial charge in [0.1, 0.15) is 0 Å². The largest absolute Gasteiger partial charge is 0.256 e. The van der Waals surface area contributed by atoms with Crippen molar-refractivity contribution >= 4 is 10.9 Å². The number of aromatic nitrogens is 1. The Balaban J connectivity index is 2.17. The van der Waals surface area contributed by atoms with Crippen LogP contribution in [0, 0.1) is 5.92 Å². The lowest BCUT2D eigenvalue weighted by Crippen LogP contribution is -1.93. The van der Waals surface area contributed by atoms with E-state index in [4.69, 9.17) is 0 Å². The van der Waals surface area contributed by atoms with Gasteiger partial charge in [-0.3, -0.25) is 4.98 Å². The Kier molecular flexibility index (Phi) is 3.55. The van der Waals surface area contributed by atoms with E-state index in [0.29, 0.717) is 0 Å². The summed E-state index contributed by atoms with van der Waals surface area (Å²) >= 11 is 0. The average Bonchev–Trinajstić information content (AvgIpc) is 2.29. The molecule has 0 fully saturated rings. The van der Waals surface area contributed by atoms with Gasteiger partial charge in [0.25, 0.3) is 0 Å². The Morgan fingerprint density at radius 2 is 1.94 bits per heavy atom. The first-order valence-electron chi connectivity index (χ1n) is 6.10. The molecule has 0 radical (unpaired) electrons. The molecule has 16 heavy (non-hydrogen) atoms. The zero-order valence-electron chi connectivity index (χ0n) is 10.1. The molecule has 0 N–H and O–H groups in total. The smallest absolute Gasteiger partial charge is 0.0733 e. The van der Waals surface area contributed by atoms with Crippen molar-refractivity contribution in [2.24, 2.45) is 5.92 Å². The maximum absolute atomic E-state index is 4.48. The van der Waals surface area contributed by atoms with E-state index >= 15 is 0 Å². The van der Waals surface area contributed by atoms with Crippen molar-refractivity contribution in [1.29, 1.82) is 0 Å². The molecular formula is C15H19N. The molecule has 1 nitrogen and oxygen atoms in total. The van der Waals surface area contributed by atoms with Crippen molar-refractivity contribution < 1.29 is 0 Å². The van der Waals surface area contributed by atoms with Gasteiger partial charge in [0, 0.05) is 11.6 Å². The molecule has 2 aromatic rings. The van der Waals surface area contributed by atoms with Gasteiger partial charge in [-0.2, -0.15) is 0 Å². The Bertz CT molecular complexity index is 454. The minimum Gasteiger partial charge on any atom is -0.256 e. The van der Waals surface area contributed by atoms with E-state index in [2.05, 4.69) is 43.1 Å². The second-order valence-corrected chi connectivity index (χ2v) is 4.78. The summed E-state index contributed by atoms with van der Waals surface area (Å²) in [5.41, 5.74) is 2.56. The second-order valence-electron chi connectivity index (χ2n) is 4.78. The van der Waals surface area contributed by atoms with Gasteiger partial charge < -0.3 is 0 Å². The molecule has 1 heterocycles. The van der Waals surface area contributed by atoms with E-state index in [-0.39, 0.29) is 0 Å². The second kappa shape index (κ2) is 5.11. The molecule has 0 aliphatic rings. The van der Waals surface area contributed by atoms with Crippen LogP contribution in [0.4, 0.5) is 0 Å². The fraction of sp³-hybridized carbons (Fsp3) is 0.400. The van der Waals surface area contributed by atoms with Gasteiger partial charge in [-0.05, 0) is 30.4 Å². The van der Waals surface area contributed by atoms with E-state index in [1.165, 1.54) is 29.3 Å². The Morgan fingerprint density at radius 3 is 2.75 bits per heavy atom. The molecule has 0 bridgehead atoms. The number of rotatable bonds is 4. The molecule has 84 valence electrons. The monoisotopic (exact) mass is 213 g/mol. The standard InChI is InChI=1S/C15H19N/c1-12(2)6-3-7-13-8-4-9-14-10-5-11-16-15(13)14/h4-5,8-12H,3,6-7H2,1-2H3. The maximum atomic E-state index is 4.48. The summed E-state index contributed by atoms with van der Waals surface area (Å²) in [7, 11) is 0. The highest BCUT2D eigenvalue weighted by atomic mass is 14.6. The lowest BCUT2D eigenvalue weighted by molar-refractivity contribution is 0.556. The number of hydrogen-bond donors (Lipinski definition) is 0. The van der Waals surface area contributed by atoms with Gasteiger partial charge in [0.15, 0.2) is 0 Å². The SMILES string of the molecule is CC(C)CCCc1cccc2cccnc12. The Hall–Kier alpha value is -1.37. The third-order valence-corrected chi connectivity index (χ3v) is 2.94. The van der Waals surface area contributed by atoms with E-state index < -0.39 is 0 Å². The molecule has 0 unspecified atom stereocenters. The molecule has 0 saturated carbocycles. The molecule has 1 heteroatoms. The number of para-hydroxylation sites is 1. The molecule has 0 atom stereocenters. The van der Waals surface area contributed by atoms with E-state index in [0.717, 1.165) is 12.3 Å². The lowest BCUT2D eigenvalue weighted by atomic mass is 10.0. The maximum Gasteiger partial charge on any atom is 0.0733 e. The molecule has 0 aliphatic heterocycles. The highest BCUT2D eigenvalue weighted by Gasteiger charge is 2.02. The fourth-order valence-electron chi connectivity index (χ4n) is 2.07. The zero-order chi connectivity index (χ0) is 11.4. The van der Waals surface area contributed by atoms with Gasteiger partial charge >= 0.3 is 0 Å². The summed E-state index contributed by atoms with van der Waals surface area (Å²) < 4.78 is 0. The van der Waals surface area contributed by atoms with Crippen LogP contribution in [0.1, 0.15) is 32.3 Å². The first-order chi connectivity index (χ1) is 7.77. The van der Waals surface area contributed by atoms with Gasteiger partial charge in [-0.25, -0.2) is 0 Å². The molecule has 0 spiro atoms. The molecule has 0 aliphatic carbocycles. The van der Waals surface area contributed by atoms with Gasteiger partial charge in [-0.1, -0.05) is 44.5 Å². The molecule has 0 amide bonds. The third-order valence-electron chi connectivity index (χ3n) is 2.94. The molecule has 2 rings (SSSR count). The molecule has 1 aromatic carbocycles. The van der Waals surface area contributed by atoms with Crippen LogP contribution >= 0.6 is 0 Å². The quantitative estimate of drug-likeness (QED) is 0.741. The topological polar surface area (TPSA) is 12.9 Å². The van der Waals surface area contributed by atoms with Gasteiger partial charge in [0.05, 0.1) is 5.52 Å². The minimum atomic E-state index is 0.794. The van der Waals surface area contributed by atoms with Crippen LogP contribution in [-0.2, 0) is 6.42 Å². The van der Waals surface area contributed by atoms with E-state index in [1.807, 2.05) is 12.3 Å². The average molecular weight is 213 g/mol. The predicted molar refractivity (Wildman–Crippen MR) is 69.5 cm³/mol. The normalized spacial score (nSPS) is 11.2. The van der Waals surface area contributed by atoms with Gasteiger partial charge in [0.2, 0.25) is 0 Å². The molecule has 1 aromatic heterocycles. The van der Waals surface area contributed by atoms with Crippen molar-refractivity contribution in [2.45, 2.75) is 33.1 Å². The number of fused-ring (bicyclic) bond motifs is 1. The Labute approximate surface area is 97.5 Å².